The molecular weight excluding hydrogens is 266 g/mol. The molecule has 18 heavy (non-hydrogen) atoms. The van der Waals surface area contributed by atoms with E-state index in [-0.39, 0.29) is 0 Å². The first-order valence-corrected chi connectivity index (χ1v) is 6.67. The lowest BCUT2D eigenvalue weighted by Gasteiger charge is -2.06. The maximum Gasteiger partial charge on any atom is 0.262 e. The number of anilines is 1. The average molecular weight is 279 g/mol. The van der Waals surface area contributed by atoms with Gasteiger partial charge >= 0.3 is 0 Å². The summed E-state index contributed by atoms with van der Waals surface area (Å²) in [6, 6.07) is 7.89. The predicted octanol–water partition coefficient (Wildman–Crippen LogP) is 2.51. The summed E-state index contributed by atoms with van der Waals surface area (Å²) in [4.78, 5) is 11.5. The van der Waals surface area contributed by atoms with Crippen LogP contribution in [-0.2, 0) is 6.42 Å². The summed E-state index contributed by atoms with van der Waals surface area (Å²) in [6.07, 6.45) is 0.970. The number of nitrogens with zero attached hydrogens (tertiary/aromatic N) is 1. The van der Waals surface area contributed by atoms with Gasteiger partial charge in [0.05, 0.1) is 0 Å². The third kappa shape index (κ3) is 2.16. The molecule has 0 radical (unpaired) electrons. The number of aromatic nitrogens is 1. The molecule has 94 valence electrons. The van der Waals surface area contributed by atoms with E-state index >= 15 is 0 Å². The number of aryl methyl sites for hydroxylation is 1. The Morgan fingerprint density at radius 1 is 1.39 bits per heavy atom. The largest absolute Gasteiger partial charge is 0.383 e. The molecule has 1 heterocycles. The van der Waals surface area contributed by atoms with Crippen molar-refractivity contribution in [2.75, 3.05) is 5.73 Å². The second-order valence-corrected chi connectivity index (χ2v) is 5.45. The summed E-state index contributed by atoms with van der Waals surface area (Å²) in [5.41, 5.74) is 13.2. The van der Waals surface area contributed by atoms with Gasteiger partial charge in [0.25, 0.3) is 5.91 Å². The van der Waals surface area contributed by atoms with Crippen LogP contribution in [0.25, 0.3) is 5.69 Å². The number of primary amides is 1. The highest BCUT2D eigenvalue weighted by molar-refractivity contribution is 7.73. The number of benzene rings is 1. The summed E-state index contributed by atoms with van der Waals surface area (Å²) in [5.74, 6) is -0.241. The highest BCUT2D eigenvalue weighted by atomic mass is 32.1. The van der Waals surface area contributed by atoms with E-state index in [2.05, 4.69) is 6.92 Å². The number of amides is 1. The highest BCUT2D eigenvalue weighted by Gasteiger charge is 2.15. The van der Waals surface area contributed by atoms with Crippen molar-refractivity contribution in [1.82, 2.24) is 4.57 Å². The molecular formula is C12H13N3OS2. The Morgan fingerprint density at radius 2 is 2.00 bits per heavy atom. The number of carbonyl (C=O) groups is 1. The van der Waals surface area contributed by atoms with Crippen LogP contribution in [0.5, 0.6) is 0 Å². The minimum absolute atomic E-state index is 0.305. The van der Waals surface area contributed by atoms with E-state index in [1.807, 2.05) is 24.3 Å². The van der Waals surface area contributed by atoms with Crippen molar-refractivity contribution in [3.05, 3.63) is 38.7 Å². The van der Waals surface area contributed by atoms with Crippen molar-refractivity contribution in [2.24, 2.45) is 5.73 Å². The lowest BCUT2D eigenvalue weighted by Crippen LogP contribution is -2.12. The Labute approximate surface area is 114 Å². The molecule has 1 amide bonds. The number of carbonyl (C=O) groups excluding carboxylic acids is 1. The lowest BCUT2D eigenvalue weighted by atomic mass is 10.1. The molecule has 0 saturated carbocycles. The second-order valence-electron chi connectivity index (χ2n) is 3.80. The van der Waals surface area contributed by atoms with Crippen LogP contribution in [-0.4, -0.2) is 10.5 Å². The molecule has 4 N–H and O–H groups in total. The lowest BCUT2D eigenvalue weighted by molar-refractivity contribution is 0.100. The fourth-order valence-electron chi connectivity index (χ4n) is 1.69. The summed E-state index contributed by atoms with van der Waals surface area (Å²) in [5, 5.41) is 0. The molecule has 0 aliphatic heterocycles. The van der Waals surface area contributed by atoms with E-state index in [9.17, 15) is 4.79 Å². The van der Waals surface area contributed by atoms with E-state index in [1.54, 1.807) is 4.57 Å². The van der Waals surface area contributed by atoms with Gasteiger partial charge < -0.3 is 11.5 Å². The first kappa shape index (κ1) is 12.8. The summed E-state index contributed by atoms with van der Waals surface area (Å²) in [6.45, 7) is 2.09. The Morgan fingerprint density at radius 3 is 2.44 bits per heavy atom. The van der Waals surface area contributed by atoms with Gasteiger partial charge in [-0.2, -0.15) is 0 Å². The zero-order valence-corrected chi connectivity index (χ0v) is 11.5. The molecule has 0 aliphatic carbocycles. The third-order valence-corrected chi connectivity index (χ3v) is 4.08. The van der Waals surface area contributed by atoms with Gasteiger partial charge in [-0.3, -0.25) is 9.36 Å². The standard InChI is InChI=1S/C12H13N3OS2/c1-2-7-3-5-8(6-4-7)15-10(13)9(11(14)16)18-12(15)17/h3-6H,2,13H2,1H3,(H2,14,16). The zero-order chi connectivity index (χ0) is 13.3. The molecule has 0 spiro atoms. The minimum atomic E-state index is -0.549. The number of hydrogen-bond donors (Lipinski definition) is 2. The van der Waals surface area contributed by atoms with Crippen LogP contribution in [0.3, 0.4) is 0 Å². The Balaban J connectivity index is 2.56. The van der Waals surface area contributed by atoms with Gasteiger partial charge in [-0.1, -0.05) is 30.4 Å². The smallest absolute Gasteiger partial charge is 0.262 e. The molecule has 0 aliphatic rings. The Kier molecular flexibility index (Phi) is 3.49. The van der Waals surface area contributed by atoms with Crippen LogP contribution in [0, 0.1) is 3.95 Å². The van der Waals surface area contributed by atoms with Crippen molar-refractivity contribution in [1.29, 1.82) is 0 Å². The number of nitrogen functional groups attached to an aromatic ring is 1. The minimum Gasteiger partial charge on any atom is -0.383 e. The quantitative estimate of drug-likeness (QED) is 0.848. The molecule has 0 bridgehead atoms. The van der Waals surface area contributed by atoms with Gasteiger partial charge in [-0.15, -0.1) is 0 Å². The molecule has 4 nitrogen and oxygen atoms in total. The number of nitrogens with two attached hydrogens (primary N) is 2. The van der Waals surface area contributed by atoms with Crippen molar-refractivity contribution in [3.63, 3.8) is 0 Å². The Hall–Kier alpha value is -1.66. The first-order chi connectivity index (χ1) is 8.54. The van der Waals surface area contributed by atoms with Crippen molar-refractivity contribution >= 4 is 35.3 Å². The van der Waals surface area contributed by atoms with Gasteiger partial charge in [-0.25, -0.2) is 0 Å². The van der Waals surface area contributed by atoms with Gasteiger partial charge in [-0.05, 0) is 36.3 Å². The SMILES string of the molecule is CCc1ccc(-n2c(N)c(C(N)=O)sc2=S)cc1. The Bertz CT molecular complexity index is 640. The van der Waals surface area contributed by atoms with E-state index in [4.69, 9.17) is 23.7 Å². The molecule has 0 fully saturated rings. The molecule has 1 aromatic heterocycles. The van der Waals surface area contributed by atoms with E-state index < -0.39 is 5.91 Å². The number of hydrogen-bond acceptors (Lipinski definition) is 4. The van der Waals surface area contributed by atoms with Crippen molar-refractivity contribution < 1.29 is 4.79 Å². The number of thiazole rings is 1. The van der Waals surface area contributed by atoms with Crippen molar-refractivity contribution in [3.8, 4) is 5.69 Å². The fourth-order valence-corrected chi connectivity index (χ4v) is 2.91. The molecule has 2 aromatic rings. The fraction of sp³-hybridized carbons (Fsp3) is 0.167. The van der Waals surface area contributed by atoms with Crippen molar-refractivity contribution in [2.45, 2.75) is 13.3 Å². The predicted molar refractivity (Wildman–Crippen MR) is 76.8 cm³/mol. The van der Waals surface area contributed by atoms with E-state index in [0.29, 0.717) is 14.6 Å². The van der Waals surface area contributed by atoms with Crippen LogP contribution in [0.4, 0.5) is 5.82 Å². The highest BCUT2D eigenvalue weighted by Crippen LogP contribution is 2.25. The van der Waals surface area contributed by atoms with Gasteiger partial charge in [0.15, 0.2) is 3.95 Å². The zero-order valence-electron chi connectivity index (χ0n) is 9.84. The van der Waals surface area contributed by atoms with Crippen LogP contribution in [0.2, 0.25) is 0 Å². The topological polar surface area (TPSA) is 74.0 Å². The third-order valence-electron chi connectivity index (χ3n) is 2.67. The summed E-state index contributed by atoms with van der Waals surface area (Å²) < 4.78 is 2.19. The summed E-state index contributed by atoms with van der Waals surface area (Å²) >= 11 is 6.35. The molecule has 0 unspecified atom stereocenters. The number of rotatable bonds is 3. The average Bonchev–Trinajstić information content (AvgIpc) is 2.65. The monoisotopic (exact) mass is 279 g/mol. The van der Waals surface area contributed by atoms with Gasteiger partial charge in [0.2, 0.25) is 0 Å². The van der Waals surface area contributed by atoms with Crippen LogP contribution in [0.1, 0.15) is 22.2 Å². The summed E-state index contributed by atoms with van der Waals surface area (Å²) in [7, 11) is 0. The van der Waals surface area contributed by atoms with Crippen LogP contribution < -0.4 is 11.5 Å². The van der Waals surface area contributed by atoms with Gasteiger partial charge in [0.1, 0.15) is 10.7 Å². The molecule has 2 rings (SSSR count). The maximum absolute atomic E-state index is 11.2. The molecule has 6 heteroatoms. The molecule has 0 atom stereocenters. The molecule has 1 aromatic carbocycles. The first-order valence-electron chi connectivity index (χ1n) is 5.45. The second kappa shape index (κ2) is 4.91. The van der Waals surface area contributed by atoms with Crippen LogP contribution in [0.15, 0.2) is 24.3 Å². The van der Waals surface area contributed by atoms with E-state index in [1.165, 1.54) is 5.56 Å². The molecule has 0 saturated heterocycles. The normalized spacial score (nSPS) is 10.5. The van der Waals surface area contributed by atoms with E-state index in [0.717, 1.165) is 23.4 Å². The van der Waals surface area contributed by atoms with Gasteiger partial charge in [0, 0.05) is 5.69 Å². The maximum atomic E-state index is 11.2. The van der Waals surface area contributed by atoms with Crippen LogP contribution >= 0.6 is 23.6 Å².